The maximum atomic E-state index is 11.8. The highest BCUT2D eigenvalue weighted by atomic mass is 19.1. The predicted octanol–water partition coefficient (Wildman–Crippen LogP) is 1.17. The Kier molecular flexibility index (Phi) is 6.17. The van der Waals surface area contributed by atoms with Gasteiger partial charge in [-0.25, -0.2) is 14.2 Å². The SMILES string of the molecule is COC(=O)c1cc(C(N)CCCOCF)c(N)cn1. The average Bonchev–Trinajstić information content (AvgIpc) is 2.43. The number of hydrogen-bond acceptors (Lipinski definition) is 6. The summed E-state index contributed by atoms with van der Waals surface area (Å²) >= 11 is 0. The van der Waals surface area contributed by atoms with Crippen molar-refractivity contribution in [3.8, 4) is 0 Å². The highest BCUT2D eigenvalue weighted by molar-refractivity contribution is 5.87. The van der Waals surface area contributed by atoms with Gasteiger partial charge in [0.05, 0.1) is 19.0 Å². The number of aromatic nitrogens is 1. The third-order valence-electron chi connectivity index (χ3n) is 2.64. The van der Waals surface area contributed by atoms with E-state index in [0.717, 1.165) is 0 Å². The molecule has 0 aliphatic rings. The third-order valence-corrected chi connectivity index (χ3v) is 2.64. The number of carbonyl (C=O) groups is 1. The Hall–Kier alpha value is -1.73. The lowest BCUT2D eigenvalue weighted by Crippen LogP contribution is -2.15. The number of ether oxygens (including phenoxy) is 2. The molecule has 0 saturated carbocycles. The van der Waals surface area contributed by atoms with E-state index in [1.165, 1.54) is 19.4 Å². The first-order valence-corrected chi connectivity index (χ1v) is 5.83. The summed E-state index contributed by atoms with van der Waals surface area (Å²) in [4.78, 5) is 15.2. The summed E-state index contributed by atoms with van der Waals surface area (Å²) in [5.74, 6) is -0.547. The molecular weight excluding hydrogens is 253 g/mol. The second-order valence-electron chi connectivity index (χ2n) is 3.96. The van der Waals surface area contributed by atoms with Crippen LogP contribution in [0.5, 0.6) is 0 Å². The molecule has 1 aromatic heterocycles. The molecule has 1 rings (SSSR count). The lowest BCUT2D eigenvalue weighted by atomic mass is 10.0. The Morgan fingerprint density at radius 2 is 2.32 bits per heavy atom. The average molecular weight is 271 g/mol. The number of anilines is 1. The minimum atomic E-state index is -0.806. The summed E-state index contributed by atoms with van der Waals surface area (Å²) in [6, 6.07) is 1.15. The number of halogens is 1. The zero-order chi connectivity index (χ0) is 14.3. The Bertz CT molecular complexity index is 429. The van der Waals surface area contributed by atoms with Crippen molar-refractivity contribution in [1.29, 1.82) is 0 Å². The van der Waals surface area contributed by atoms with Gasteiger partial charge in [0.1, 0.15) is 5.69 Å². The predicted molar refractivity (Wildman–Crippen MR) is 68.1 cm³/mol. The topological polar surface area (TPSA) is 100 Å². The van der Waals surface area contributed by atoms with Crippen molar-refractivity contribution in [2.24, 2.45) is 5.73 Å². The number of nitrogens with zero attached hydrogens (tertiary/aromatic N) is 1. The van der Waals surface area contributed by atoms with Gasteiger partial charge in [0, 0.05) is 12.6 Å². The van der Waals surface area contributed by atoms with Crippen molar-refractivity contribution >= 4 is 11.7 Å². The van der Waals surface area contributed by atoms with Crippen LogP contribution in [0.3, 0.4) is 0 Å². The van der Waals surface area contributed by atoms with E-state index < -0.39 is 12.8 Å². The van der Waals surface area contributed by atoms with E-state index in [9.17, 15) is 9.18 Å². The number of nitrogens with two attached hydrogens (primary N) is 2. The van der Waals surface area contributed by atoms with Crippen LogP contribution in [0, 0.1) is 0 Å². The van der Waals surface area contributed by atoms with Gasteiger partial charge in [-0.15, -0.1) is 0 Å². The first kappa shape index (κ1) is 15.3. The van der Waals surface area contributed by atoms with Gasteiger partial charge < -0.3 is 20.9 Å². The van der Waals surface area contributed by atoms with Crippen LogP contribution in [-0.4, -0.2) is 31.5 Å². The minimum absolute atomic E-state index is 0.155. The van der Waals surface area contributed by atoms with E-state index in [0.29, 0.717) is 30.7 Å². The fourth-order valence-electron chi connectivity index (χ4n) is 1.63. The summed E-state index contributed by atoms with van der Waals surface area (Å²) in [5.41, 5.74) is 12.9. The first-order valence-electron chi connectivity index (χ1n) is 5.83. The second kappa shape index (κ2) is 7.65. The number of rotatable bonds is 7. The van der Waals surface area contributed by atoms with Crippen molar-refractivity contribution in [2.75, 3.05) is 26.3 Å². The molecule has 0 fully saturated rings. The van der Waals surface area contributed by atoms with Crippen molar-refractivity contribution < 1.29 is 18.7 Å². The van der Waals surface area contributed by atoms with Gasteiger partial charge in [0.15, 0.2) is 6.86 Å². The Balaban J connectivity index is 2.72. The molecule has 1 aromatic rings. The molecule has 19 heavy (non-hydrogen) atoms. The highest BCUT2D eigenvalue weighted by Gasteiger charge is 2.14. The highest BCUT2D eigenvalue weighted by Crippen LogP contribution is 2.22. The lowest BCUT2D eigenvalue weighted by molar-refractivity contribution is 0.0548. The van der Waals surface area contributed by atoms with Crippen LogP contribution in [0.15, 0.2) is 12.3 Å². The summed E-state index contributed by atoms with van der Waals surface area (Å²) in [6.07, 6.45) is 2.54. The minimum Gasteiger partial charge on any atom is -0.464 e. The van der Waals surface area contributed by atoms with Gasteiger partial charge in [0.25, 0.3) is 0 Å². The molecule has 1 unspecified atom stereocenters. The molecule has 4 N–H and O–H groups in total. The summed E-state index contributed by atoms with van der Waals surface area (Å²) in [7, 11) is 1.27. The van der Waals surface area contributed by atoms with Crippen LogP contribution < -0.4 is 11.5 Å². The molecule has 6 nitrogen and oxygen atoms in total. The molecule has 1 heterocycles. The Labute approximate surface area is 110 Å². The number of esters is 1. The van der Waals surface area contributed by atoms with Gasteiger partial charge in [-0.2, -0.15) is 0 Å². The molecule has 106 valence electrons. The first-order chi connectivity index (χ1) is 9.10. The standard InChI is InChI=1S/C12H18FN3O3/c1-18-12(17)11-5-8(10(15)6-16-11)9(14)3-2-4-19-7-13/h5-6,9H,2-4,7,14-15H2,1H3. The number of alkyl halides is 1. The van der Waals surface area contributed by atoms with E-state index in [2.05, 4.69) is 14.5 Å². The molecule has 1 atom stereocenters. The van der Waals surface area contributed by atoms with Crippen LogP contribution in [0.1, 0.15) is 34.9 Å². The molecule has 0 aliphatic carbocycles. The number of pyridine rings is 1. The maximum absolute atomic E-state index is 11.8. The quantitative estimate of drug-likeness (QED) is 0.570. The van der Waals surface area contributed by atoms with Crippen LogP contribution in [0.25, 0.3) is 0 Å². The van der Waals surface area contributed by atoms with Crippen LogP contribution in [-0.2, 0) is 9.47 Å². The summed E-state index contributed by atoms with van der Waals surface area (Å²) < 4.78 is 20.9. The second-order valence-corrected chi connectivity index (χ2v) is 3.96. The van der Waals surface area contributed by atoms with E-state index in [-0.39, 0.29) is 11.7 Å². The Morgan fingerprint density at radius 3 is 2.95 bits per heavy atom. The van der Waals surface area contributed by atoms with Gasteiger partial charge in [0.2, 0.25) is 0 Å². The zero-order valence-electron chi connectivity index (χ0n) is 10.8. The van der Waals surface area contributed by atoms with Gasteiger partial charge in [-0.1, -0.05) is 0 Å². The number of nitrogen functional groups attached to an aromatic ring is 1. The third kappa shape index (κ3) is 4.46. The lowest BCUT2D eigenvalue weighted by Gasteiger charge is -2.14. The largest absolute Gasteiger partial charge is 0.464 e. The molecule has 0 saturated heterocycles. The molecule has 0 aliphatic heterocycles. The normalized spacial score (nSPS) is 12.2. The van der Waals surface area contributed by atoms with Crippen molar-refractivity contribution in [2.45, 2.75) is 18.9 Å². The number of methoxy groups -OCH3 is 1. The fraction of sp³-hybridized carbons (Fsp3) is 0.500. The van der Waals surface area contributed by atoms with Crippen molar-refractivity contribution in [3.63, 3.8) is 0 Å². The smallest absolute Gasteiger partial charge is 0.356 e. The molecule has 0 amide bonds. The van der Waals surface area contributed by atoms with Gasteiger partial charge >= 0.3 is 5.97 Å². The monoisotopic (exact) mass is 271 g/mol. The van der Waals surface area contributed by atoms with Crippen LogP contribution >= 0.6 is 0 Å². The molecular formula is C12H18FN3O3. The summed E-state index contributed by atoms with van der Waals surface area (Å²) in [5, 5.41) is 0. The molecule has 7 heteroatoms. The van der Waals surface area contributed by atoms with Crippen LogP contribution in [0.4, 0.5) is 10.1 Å². The molecule has 0 radical (unpaired) electrons. The zero-order valence-corrected chi connectivity index (χ0v) is 10.8. The van der Waals surface area contributed by atoms with E-state index >= 15 is 0 Å². The summed E-state index contributed by atoms with van der Waals surface area (Å²) in [6.45, 7) is -0.516. The molecule has 0 aromatic carbocycles. The van der Waals surface area contributed by atoms with Crippen molar-refractivity contribution in [3.05, 3.63) is 23.5 Å². The van der Waals surface area contributed by atoms with Crippen LogP contribution in [0.2, 0.25) is 0 Å². The van der Waals surface area contributed by atoms with Gasteiger partial charge in [-0.05, 0) is 24.5 Å². The number of hydrogen-bond donors (Lipinski definition) is 2. The van der Waals surface area contributed by atoms with Gasteiger partial charge in [-0.3, -0.25) is 0 Å². The van der Waals surface area contributed by atoms with Crippen molar-refractivity contribution in [1.82, 2.24) is 4.98 Å². The molecule has 0 spiro atoms. The van der Waals surface area contributed by atoms with E-state index in [4.69, 9.17) is 11.5 Å². The number of carbonyl (C=O) groups excluding carboxylic acids is 1. The van der Waals surface area contributed by atoms with E-state index in [1.54, 1.807) is 0 Å². The maximum Gasteiger partial charge on any atom is 0.356 e. The Morgan fingerprint density at radius 1 is 1.58 bits per heavy atom. The fourth-order valence-corrected chi connectivity index (χ4v) is 1.63. The van der Waals surface area contributed by atoms with E-state index in [1.807, 2.05) is 0 Å². The molecule has 0 bridgehead atoms.